The van der Waals surface area contributed by atoms with Crippen molar-refractivity contribution in [3.05, 3.63) is 23.5 Å². The zero-order chi connectivity index (χ0) is 13.3. The summed E-state index contributed by atoms with van der Waals surface area (Å²) < 4.78 is 0. The first-order valence-electron chi connectivity index (χ1n) is 6.14. The molecule has 1 amide bonds. The third-order valence-electron chi connectivity index (χ3n) is 3.01. The third-order valence-corrected chi connectivity index (χ3v) is 4.24. The quantitative estimate of drug-likeness (QED) is 0.843. The van der Waals surface area contributed by atoms with E-state index >= 15 is 0 Å². The maximum Gasteiger partial charge on any atom is 0.257 e. The van der Waals surface area contributed by atoms with Crippen molar-refractivity contribution < 1.29 is 4.79 Å². The number of amides is 1. The number of rotatable bonds is 1. The molecule has 4 nitrogen and oxygen atoms in total. The molecule has 0 radical (unpaired) electrons. The van der Waals surface area contributed by atoms with Crippen LogP contribution < -0.4 is 5.73 Å². The van der Waals surface area contributed by atoms with Crippen LogP contribution in [-0.2, 0) is 0 Å². The first kappa shape index (κ1) is 13.2. The number of aryl methyl sites for hydroxylation is 1. The summed E-state index contributed by atoms with van der Waals surface area (Å²) in [7, 11) is 0. The van der Waals surface area contributed by atoms with Crippen molar-refractivity contribution in [2.24, 2.45) is 0 Å². The number of nitrogen functional groups attached to an aromatic ring is 1. The second kappa shape index (κ2) is 5.18. The molecule has 2 unspecified atom stereocenters. The van der Waals surface area contributed by atoms with E-state index < -0.39 is 0 Å². The van der Waals surface area contributed by atoms with Crippen LogP contribution in [0.5, 0.6) is 0 Å². The lowest BCUT2D eigenvalue weighted by molar-refractivity contribution is 0.0754. The number of hydrogen-bond donors (Lipinski definition) is 1. The predicted molar refractivity (Wildman–Crippen MR) is 75.8 cm³/mol. The summed E-state index contributed by atoms with van der Waals surface area (Å²) in [6.45, 7) is 7.73. The van der Waals surface area contributed by atoms with Crippen molar-refractivity contribution in [1.29, 1.82) is 0 Å². The number of carbonyl (C=O) groups excluding carboxylic acids is 1. The van der Waals surface area contributed by atoms with Crippen LogP contribution in [0, 0.1) is 6.92 Å². The number of pyridine rings is 1. The molecule has 1 aromatic heterocycles. The Kier molecular flexibility index (Phi) is 3.80. The Morgan fingerprint density at radius 1 is 1.44 bits per heavy atom. The fraction of sp³-hybridized carbons (Fsp3) is 0.538. The second-order valence-corrected chi connectivity index (χ2v) is 6.76. The van der Waals surface area contributed by atoms with Gasteiger partial charge in [0.25, 0.3) is 5.91 Å². The van der Waals surface area contributed by atoms with Gasteiger partial charge in [-0.25, -0.2) is 0 Å². The van der Waals surface area contributed by atoms with Gasteiger partial charge in [0.1, 0.15) is 0 Å². The van der Waals surface area contributed by atoms with Gasteiger partial charge >= 0.3 is 0 Å². The number of aromatic nitrogens is 1. The molecule has 0 bridgehead atoms. The molecule has 18 heavy (non-hydrogen) atoms. The molecule has 1 fully saturated rings. The molecule has 0 aromatic carbocycles. The van der Waals surface area contributed by atoms with Crippen LogP contribution in [0.1, 0.15) is 29.9 Å². The van der Waals surface area contributed by atoms with Gasteiger partial charge in [0.05, 0.1) is 5.56 Å². The van der Waals surface area contributed by atoms with Crippen LogP contribution in [0.15, 0.2) is 12.3 Å². The summed E-state index contributed by atoms with van der Waals surface area (Å²) in [5.74, 6) is -0.000926. The maximum atomic E-state index is 12.4. The Morgan fingerprint density at radius 3 is 2.61 bits per heavy atom. The van der Waals surface area contributed by atoms with Gasteiger partial charge in [-0.15, -0.1) is 0 Å². The largest absolute Gasteiger partial charge is 0.398 e. The molecule has 2 atom stereocenters. The molecule has 2 N–H and O–H groups in total. The molecule has 2 rings (SSSR count). The van der Waals surface area contributed by atoms with E-state index in [-0.39, 0.29) is 5.91 Å². The van der Waals surface area contributed by atoms with Gasteiger partial charge in [0.15, 0.2) is 0 Å². The number of carbonyl (C=O) groups is 1. The fourth-order valence-corrected chi connectivity index (χ4v) is 3.60. The van der Waals surface area contributed by atoms with Gasteiger partial charge in [0.2, 0.25) is 0 Å². The van der Waals surface area contributed by atoms with Crippen molar-refractivity contribution in [2.45, 2.75) is 31.3 Å². The summed E-state index contributed by atoms with van der Waals surface area (Å²) in [6.07, 6.45) is 1.59. The van der Waals surface area contributed by atoms with Crippen LogP contribution in [-0.4, -0.2) is 39.4 Å². The van der Waals surface area contributed by atoms with E-state index in [4.69, 9.17) is 5.73 Å². The lowest BCUT2D eigenvalue weighted by atomic mass is 10.1. The number of hydrogen-bond acceptors (Lipinski definition) is 4. The van der Waals surface area contributed by atoms with E-state index in [0.29, 0.717) is 21.8 Å². The van der Waals surface area contributed by atoms with E-state index in [1.54, 1.807) is 12.3 Å². The summed E-state index contributed by atoms with van der Waals surface area (Å²) in [6, 6.07) is 1.75. The Bertz CT molecular complexity index is 454. The monoisotopic (exact) mass is 265 g/mol. The lowest BCUT2D eigenvalue weighted by Crippen LogP contribution is -2.44. The molecule has 1 saturated heterocycles. The Labute approximate surface area is 112 Å². The van der Waals surface area contributed by atoms with Gasteiger partial charge < -0.3 is 10.6 Å². The minimum atomic E-state index is -0.000926. The highest BCUT2D eigenvalue weighted by Crippen LogP contribution is 2.26. The standard InChI is InChI=1S/C13H19N3OS/c1-8-4-12(14)11(5-15-8)13(17)16-6-9(2)18-10(3)7-16/h4-5,9-10H,6-7H2,1-3H3,(H2,14,15). The number of anilines is 1. The molecule has 0 spiro atoms. The Morgan fingerprint density at radius 2 is 2.06 bits per heavy atom. The molecule has 2 heterocycles. The van der Waals surface area contributed by atoms with Crippen LogP contribution in [0.25, 0.3) is 0 Å². The molecule has 1 aliphatic heterocycles. The van der Waals surface area contributed by atoms with Gasteiger partial charge in [-0.05, 0) is 13.0 Å². The van der Waals surface area contributed by atoms with Crippen LogP contribution in [0.3, 0.4) is 0 Å². The average Bonchev–Trinajstić information content (AvgIpc) is 2.26. The van der Waals surface area contributed by atoms with Crippen molar-refractivity contribution in [2.75, 3.05) is 18.8 Å². The molecule has 0 aliphatic carbocycles. The van der Waals surface area contributed by atoms with Crippen LogP contribution >= 0.6 is 11.8 Å². The lowest BCUT2D eigenvalue weighted by Gasteiger charge is -2.34. The summed E-state index contributed by atoms with van der Waals surface area (Å²) in [5.41, 5.74) is 7.78. The van der Waals surface area contributed by atoms with Gasteiger partial charge in [-0.1, -0.05) is 13.8 Å². The number of nitrogens with zero attached hydrogens (tertiary/aromatic N) is 2. The normalized spacial score (nSPS) is 24.1. The first-order chi connectivity index (χ1) is 8.47. The molecule has 98 valence electrons. The first-order valence-corrected chi connectivity index (χ1v) is 7.08. The topological polar surface area (TPSA) is 59.2 Å². The molecule has 0 saturated carbocycles. The van der Waals surface area contributed by atoms with E-state index in [2.05, 4.69) is 18.8 Å². The van der Waals surface area contributed by atoms with Crippen LogP contribution in [0.4, 0.5) is 5.69 Å². The Hall–Kier alpha value is -1.23. The van der Waals surface area contributed by atoms with E-state index in [9.17, 15) is 4.79 Å². The SMILES string of the molecule is Cc1cc(N)c(C(=O)N2CC(C)SC(C)C2)cn1. The average molecular weight is 265 g/mol. The van der Waals surface area contributed by atoms with Crippen molar-refractivity contribution in [1.82, 2.24) is 9.88 Å². The molecule has 5 heteroatoms. The van der Waals surface area contributed by atoms with Crippen molar-refractivity contribution in [3.8, 4) is 0 Å². The van der Waals surface area contributed by atoms with E-state index in [1.807, 2.05) is 23.6 Å². The second-order valence-electron chi connectivity index (χ2n) is 4.88. The molecular formula is C13H19N3OS. The maximum absolute atomic E-state index is 12.4. The van der Waals surface area contributed by atoms with E-state index in [0.717, 1.165) is 18.8 Å². The zero-order valence-corrected chi connectivity index (χ0v) is 11.8. The summed E-state index contributed by atoms with van der Waals surface area (Å²) in [4.78, 5) is 18.5. The van der Waals surface area contributed by atoms with Crippen molar-refractivity contribution >= 4 is 23.4 Å². The highest BCUT2D eigenvalue weighted by atomic mass is 32.2. The Balaban J connectivity index is 2.20. The fourth-order valence-electron chi connectivity index (χ4n) is 2.27. The molecule has 1 aromatic rings. The third kappa shape index (κ3) is 2.77. The van der Waals surface area contributed by atoms with Crippen LogP contribution in [0.2, 0.25) is 0 Å². The van der Waals surface area contributed by atoms with Crippen molar-refractivity contribution in [3.63, 3.8) is 0 Å². The number of thioether (sulfide) groups is 1. The minimum absolute atomic E-state index is 0.000926. The highest BCUT2D eigenvalue weighted by Gasteiger charge is 2.27. The summed E-state index contributed by atoms with van der Waals surface area (Å²) >= 11 is 1.92. The molecular weight excluding hydrogens is 246 g/mol. The van der Waals surface area contributed by atoms with Gasteiger partial charge in [0, 0.05) is 41.2 Å². The van der Waals surface area contributed by atoms with Gasteiger partial charge in [-0.3, -0.25) is 9.78 Å². The highest BCUT2D eigenvalue weighted by molar-refractivity contribution is 8.00. The minimum Gasteiger partial charge on any atom is -0.398 e. The summed E-state index contributed by atoms with van der Waals surface area (Å²) in [5, 5.41) is 0.940. The zero-order valence-electron chi connectivity index (χ0n) is 11.0. The smallest absolute Gasteiger partial charge is 0.257 e. The van der Waals surface area contributed by atoms with Gasteiger partial charge in [-0.2, -0.15) is 11.8 Å². The predicted octanol–water partition coefficient (Wildman–Crippen LogP) is 1.94. The number of nitrogens with two attached hydrogens (primary N) is 1. The van der Waals surface area contributed by atoms with E-state index in [1.165, 1.54) is 0 Å². The molecule has 1 aliphatic rings.